The average molecular weight is 246 g/mol. The Labute approximate surface area is 105 Å². The van der Waals surface area contributed by atoms with Crippen molar-refractivity contribution in [2.75, 3.05) is 12.0 Å². The summed E-state index contributed by atoms with van der Waals surface area (Å²) in [4.78, 5) is 25.1. The SMILES string of the molecule is C=CCC1NC(=O)N(c2ccccc2OC)C1=O. The monoisotopic (exact) mass is 246 g/mol. The summed E-state index contributed by atoms with van der Waals surface area (Å²) in [6.45, 7) is 3.57. The van der Waals surface area contributed by atoms with E-state index >= 15 is 0 Å². The molecule has 1 aromatic rings. The Morgan fingerprint density at radius 1 is 1.44 bits per heavy atom. The zero-order valence-electron chi connectivity index (χ0n) is 10.1. The van der Waals surface area contributed by atoms with Crippen molar-refractivity contribution in [1.82, 2.24) is 5.32 Å². The van der Waals surface area contributed by atoms with E-state index in [4.69, 9.17) is 4.74 Å². The van der Waals surface area contributed by atoms with Crippen molar-refractivity contribution in [3.05, 3.63) is 36.9 Å². The zero-order valence-corrected chi connectivity index (χ0v) is 10.1. The van der Waals surface area contributed by atoms with Gasteiger partial charge in [0.2, 0.25) is 0 Å². The van der Waals surface area contributed by atoms with E-state index in [0.717, 1.165) is 4.90 Å². The molecule has 0 aromatic heterocycles. The number of rotatable bonds is 4. The Morgan fingerprint density at radius 2 is 2.17 bits per heavy atom. The lowest BCUT2D eigenvalue weighted by Gasteiger charge is -2.16. The van der Waals surface area contributed by atoms with E-state index < -0.39 is 12.1 Å². The fourth-order valence-electron chi connectivity index (χ4n) is 1.90. The number of hydrogen-bond acceptors (Lipinski definition) is 3. The van der Waals surface area contributed by atoms with Crippen LogP contribution in [-0.4, -0.2) is 25.1 Å². The van der Waals surface area contributed by atoms with Gasteiger partial charge in [0.15, 0.2) is 0 Å². The maximum atomic E-state index is 12.1. The minimum Gasteiger partial charge on any atom is -0.495 e. The van der Waals surface area contributed by atoms with E-state index in [1.54, 1.807) is 30.3 Å². The molecule has 5 nitrogen and oxygen atoms in total. The molecule has 0 aliphatic carbocycles. The molecule has 1 fully saturated rings. The van der Waals surface area contributed by atoms with Gasteiger partial charge in [-0.3, -0.25) is 4.79 Å². The predicted octanol–water partition coefficient (Wildman–Crippen LogP) is 1.70. The van der Waals surface area contributed by atoms with Crippen LogP contribution < -0.4 is 15.0 Å². The van der Waals surface area contributed by atoms with Crippen LogP contribution in [0.5, 0.6) is 5.75 Å². The molecule has 1 aromatic carbocycles. The van der Waals surface area contributed by atoms with Gasteiger partial charge in [-0.05, 0) is 18.6 Å². The summed E-state index contributed by atoms with van der Waals surface area (Å²) < 4.78 is 5.16. The van der Waals surface area contributed by atoms with Crippen molar-refractivity contribution in [3.8, 4) is 5.75 Å². The molecule has 18 heavy (non-hydrogen) atoms. The molecule has 2 rings (SSSR count). The summed E-state index contributed by atoms with van der Waals surface area (Å²) in [5, 5.41) is 2.62. The van der Waals surface area contributed by atoms with Crippen molar-refractivity contribution in [1.29, 1.82) is 0 Å². The number of carbonyl (C=O) groups is 2. The Morgan fingerprint density at radius 3 is 2.83 bits per heavy atom. The highest BCUT2D eigenvalue weighted by Crippen LogP contribution is 2.30. The average Bonchev–Trinajstić information content (AvgIpc) is 2.65. The number of methoxy groups -OCH3 is 1. The summed E-state index contributed by atoms with van der Waals surface area (Å²) in [6, 6.07) is 5.93. The molecule has 1 atom stereocenters. The van der Waals surface area contributed by atoms with Crippen molar-refractivity contribution in [3.63, 3.8) is 0 Å². The molecule has 0 saturated carbocycles. The highest BCUT2D eigenvalue weighted by atomic mass is 16.5. The van der Waals surface area contributed by atoms with Gasteiger partial charge in [0, 0.05) is 0 Å². The van der Waals surface area contributed by atoms with Crippen LogP contribution in [0.2, 0.25) is 0 Å². The Bertz CT molecular complexity index is 499. The summed E-state index contributed by atoms with van der Waals surface area (Å²) >= 11 is 0. The second-order valence-corrected chi connectivity index (χ2v) is 3.87. The third kappa shape index (κ3) is 1.95. The molecule has 0 bridgehead atoms. The first-order valence-electron chi connectivity index (χ1n) is 5.57. The minimum absolute atomic E-state index is 0.288. The Balaban J connectivity index is 2.36. The van der Waals surface area contributed by atoms with E-state index in [2.05, 4.69) is 11.9 Å². The molecule has 3 amide bonds. The van der Waals surface area contributed by atoms with E-state index in [1.165, 1.54) is 7.11 Å². The van der Waals surface area contributed by atoms with Gasteiger partial charge in [-0.2, -0.15) is 0 Å². The van der Waals surface area contributed by atoms with Gasteiger partial charge in [0.05, 0.1) is 12.8 Å². The maximum Gasteiger partial charge on any atom is 0.329 e. The van der Waals surface area contributed by atoms with Crippen LogP contribution in [0.1, 0.15) is 6.42 Å². The number of para-hydroxylation sites is 2. The Kier molecular flexibility index (Phi) is 3.32. The lowest BCUT2D eigenvalue weighted by atomic mass is 10.2. The third-order valence-electron chi connectivity index (χ3n) is 2.75. The van der Waals surface area contributed by atoms with E-state index in [9.17, 15) is 9.59 Å². The number of ether oxygens (including phenoxy) is 1. The molecule has 0 spiro atoms. The number of hydrogen-bond donors (Lipinski definition) is 1. The van der Waals surface area contributed by atoms with Crippen molar-refractivity contribution in [2.45, 2.75) is 12.5 Å². The van der Waals surface area contributed by atoms with Crippen LogP contribution in [0.25, 0.3) is 0 Å². The molecule has 1 aliphatic heterocycles. The van der Waals surface area contributed by atoms with Gasteiger partial charge in [-0.15, -0.1) is 6.58 Å². The number of anilines is 1. The van der Waals surface area contributed by atoms with Gasteiger partial charge >= 0.3 is 6.03 Å². The first-order valence-corrected chi connectivity index (χ1v) is 5.57. The largest absolute Gasteiger partial charge is 0.495 e. The first kappa shape index (κ1) is 12.2. The van der Waals surface area contributed by atoms with Gasteiger partial charge in [0.25, 0.3) is 5.91 Å². The molecule has 1 unspecified atom stereocenters. The highest BCUT2D eigenvalue weighted by Gasteiger charge is 2.39. The van der Waals surface area contributed by atoms with Gasteiger partial charge < -0.3 is 10.1 Å². The van der Waals surface area contributed by atoms with Crippen LogP contribution in [0.3, 0.4) is 0 Å². The second-order valence-electron chi connectivity index (χ2n) is 3.87. The van der Waals surface area contributed by atoms with Crippen molar-refractivity contribution in [2.24, 2.45) is 0 Å². The van der Waals surface area contributed by atoms with Crippen LogP contribution in [0.4, 0.5) is 10.5 Å². The normalized spacial score (nSPS) is 18.7. The number of nitrogens with zero attached hydrogens (tertiary/aromatic N) is 1. The maximum absolute atomic E-state index is 12.1. The molecule has 1 N–H and O–H groups in total. The van der Waals surface area contributed by atoms with Crippen molar-refractivity contribution < 1.29 is 14.3 Å². The van der Waals surface area contributed by atoms with Crippen LogP contribution in [0, 0.1) is 0 Å². The summed E-state index contributed by atoms with van der Waals surface area (Å²) in [5.41, 5.74) is 0.453. The third-order valence-corrected chi connectivity index (χ3v) is 2.75. The zero-order chi connectivity index (χ0) is 13.1. The lowest BCUT2D eigenvalue weighted by molar-refractivity contribution is -0.118. The summed E-state index contributed by atoms with van der Waals surface area (Å²) in [7, 11) is 1.50. The molecule has 5 heteroatoms. The summed E-state index contributed by atoms with van der Waals surface area (Å²) in [6.07, 6.45) is 2.02. The topological polar surface area (TPSA) is 58.6 Å². The van der Waals surface area contributed by atoms with Crippen LogP contribution in [-0.2, 0) is 4.79 Å². The fraction of sp³-hybridized carbons (Fsp3) is 0.231. The molecular weight excluding hydrogens is 232 g/mol. The minimum atomic E-state index is -0.542. The highest BCUT2D eigenvalue weighted by molar-refractivity contribution is 6.22. The predicted molar refractivity (Wildman–Crippen MR) is 67.6 cm³/mol. The lowest BCUT2D eigenvalue weighted by Crippen LogP contribution is -2.31. The molecular formula is C13H14N2O3. The first-order chi connectivity index (χ1) is 8.69. The molecule has 94 valence electrons. The number of nitrogens with one attached hydrogen (secondary N) is 1. The number of urea groups is 1. The molecule has 1 saturated heterocycles. The van der Waals surface area contributed by atoms with E-state index in [1.807, 2.05) is 0 Å². The van der Waals surface area contributed by atoms with E-state index in [-0.39, 0.29) is 5.91 Å². The standard InChI is InChI=1S/C13H14N2O3/c1-3-6-9-12(16)15(13(17)14-9)10-7-4-5-8-11(10)18-2/h3-5,7-9H,1,6H2,2H3,(H,14,17). The van der Waals surface area contributed by atoms with Crippen molar-refractivity contribution >= 4 is 17.6 Å². The quantitative estimate of drug-likeness (QED) is 0.649. The van der Waals surface area contributed by atoms with Gasteiger partial charge in [-0.1, -0.05) is 18.2 Å². The second kappa shape index (κ2) is 4.91. The van der Waals surface area contributed by atoms with Gasteiger partial charge in [0.1, 0.15) is 11.8 Å². The Hall–Kier alpha value is -2.30. The smallest absolute Gasteiger partial charge is 0.329 e. The van der Waals surface area contributed by atoms with Crippen LogP contribution in [0.15, 0.2) is 36.9 Å². The number of imide groups is 1. The van der Waals surface area contributed by atoms with Crippen LogP contribution >= 0.6 is 0 Å². The van der Waals surface area contributed by atoms with E-state index in [0.29, 0.717) is 17.9 Å². The number of benzene rings is 1. The fourth-order valence-corrected chi connectivity index (χ4v) is 1.90. The van der Waals surface area contributed by atoms with Gasteiger partial charge in [-0.25, -0.2) is 9.69 Å². The number of amides is 3. The molecule has 0 radical (unpaired) electrons. The number of carbonyl (C=O) groups excluding carboxylic acids is 2. The summed E-state index contributed by atoms with van der Waals surface area (Å²) in [5.74, 6) is 0.199. The molecule has 1 aliphatic rings. The molecule has 1 heterocycles.